The molecule has 0 aliphatic carbocycles. The second-order valence-electron chi connectivity index (χ2n) is 6.24. The minimum absolute atomic E-state index is 0.0932. The molecule has 0 saturated carbocycles. The molecule has 23 heavy (non-hydrogen) atoms. The highest BCUT2D eigenvalue weighted by molar-refractivity contribution is 7.99. The summed E-state index contributed by atoms with van der Waals surface area (Å²) >= 11 is 1.53. The predicted molar refractivity (Wildman–Crippen MR) is 89.0 cm³/mol. The van der Waals surface area contributed by atoms with Gasteiger partial charge in [0.15, 0.2) is 0 Å². The SMILES string of the molecule is CC(C)C(SCc1ccccc1)C(=O)N1CCC(F)(C(=O)O)C1. The number of amides is 1. The van der Waals surface area contributed by atoms with Crippen LogP contribution in [0.3, 0.4) is 0 Å². The van der Waals surface area contributed by atoms with Crippen LogP contribution < -0.4 is 0 Å². The number of carbonyl (C=O) groups excluding carboxylic acids is 1. The number of alkyl halides is 1. The van der Waals surface area contributed by atoms with Gasteiger partial charge >= 0.3 is 5.97 Å². The van der Waals surface area contributed by atoms with Crippen LogP contribution in [0.2, 0.25) is 0 Å². The van der Waals surface area contributed by atoms with E-state index in [1.54, 1.807) is 0 Å². The van der Waals surface area contributed by atoms with Crippen LogP contribution in [-0.2, 0) is 15.3 Å². The molecule has 1 N–H and O–H groups in total. The van der Waals surface area contributed by atoms with E-state index in [-0.39, 0.29) is 36.6 Å². The second-order valence-corrected chi connectivity index (χ2v) is 7.37. The first-order chi connectivity index (χ1) is 10.8. The van der Waals surface area contributed by atoms with E-state index in [1.165, 1.54) is 16.7 Å². The van der Waals surface area contributed by atoms with E-state index < -0.39 is 11.6 Å². The predicted octanol–water partition coefficient (Wildman–Crippen LogP) is 2.97. The fourth-order valence-electron chi connectivity index (χ4n) is 2.62. The van der Waals surface area contributed by atoms with Crippen molar-refractivity contribution in [2.45, 2.75) is 36.9 Å². The maximum Gasteiger partial charge on any atom is 0.343 e. The van der Waals surface area contributed by atoms with Gasteiger partial charge in [-0.05, 0) is 11.5 Å². The third-order valence-corrected chi connectivity index (χ3v) is 5.64. The minimum Gasteiger partial charge on any atom is -0.479 e. The molecule has 1 aromatic carbocycles. The molecule has 0 radical (unpaired) electrons. The molecule has 4 nitrogen and oxygen atoms in total. The molecule has 1 amide bonds. The number of aliphatic carboxylic acids is 1. The number of rotatable bonds is 6. The molecular formula is C17H22FNO3S. The zero-order valence-electron chi connectivity index (χ0n) is 13.4. The molecule has 2 unspecified atom stereocenters. The van der Waals surface area contributed by atoms with E-state index in [1.807, 2.05) is 44.2 Å². The van der Waals surface area contributed by atoms with Crippen molar-refractivity contribution in [3.05, 3.63) is 35.9 Å². The quantitative estimate of drug-likeness (QED) is 0.866. The molecule has 1 heterocycles. The average Bonchev–Trinajstić information content (AvgIpc) is 2.92. The molecule has 2 atom stereocenters. The molecule has 1 saturated heterocycles. The molecule has 1 aromatic rings. The highest BCUT2D eigenvalue weighted by Gasteiger charge is 2.48. The van der Waals surface area contributed by atoms with Gasteiger partial charge in [0.05, 0.1) is 11.8 Å². The van der Waals surface area contributed by atoms with Crippen LogP contribution in [0.4, 0.5) is 4.39 Å². The zero-order chi connectivity index (χ0) is 17.0. The van der Waals surface area contributed by atoms with Crippen molar-refractivity contribution in [1.82, 2.24) is 4.90 Å². The number of halogens is 1. The average molecular weight is 339 g/mol. The Morgan fingerprint density at radius 3 is 2.52 bits per heavy atom. The van der Waals surface area contributed by atoms with Crippen molar-refractivity contribution < 1.29 is 19.1 Å². The lowest BCUT2D eigenvalue weighted by Gasteiger charge is -2.26. The summed E-state index contributed by atoms with van der Waals surface area (Å²) < 4.78 is 14.2. The Hall–Kier alpha value is -1.56. The first-order valence-corrected chi connectivity index (χ1v) is 8.75. The molecule has 1 fully saturated rings. The van der Waals surface area contributed by atoms with Crippen molar-refractivity contribution in [1.29, 1.82) is 0 Å². The van der Waals surface area contributed by atoms with Gasteiger partial charge in [0, 0.05) is 18.7 Å². The molecule has 0 bridgehead atoms. The smallest absolute Gasteiger partial charge is 0.343 e. The molecule has 126 valence electrons. The fraction of sp³-hybridized carbons (Fsp3) is 0.529. The van der Waals surface area contributed by atoms with Gasteiger partial charge in [0.2, 0.25) is 11.6 Å². The standard InChI is InChI=1S/C17H22FNO3S/c1-12(2)14(23-10-13-6-4-3-5-7-13)15(20)19-9-8-17(18,11-19)16(21)22/h3-7,12,14H,8-11H2,1-2H3,(H,21,22). The van der Waals surface area contributed by atoms with Gasteiger partial charge in [-0.15, -0.1) is 11.8 Å². The van der Waals surface area contributed by atoms with E-state index >= 15 is 0 Å². The molecule has 2 rings (SSSR count). The topological polar surface area (TPSA) is 57.6 Å². The highest BCUT2D eigenvalue weighted by atomic mass is 32.2. The Bertz CT molecular complexity index is 566. The number of thioether (sulfide) groups is 1. The van der Waals surface area contributed by atoms with Crippen LogP contribution >= 0.6 is 11.8 Å². The van der Waals surface area contributed by atoms with Gasteiger partial charge in [-0.2, -0.15) is 0 Å². The highest BCUT2D eigenvalue weighted by Crippen LogP contribution is 2.31. The maximum absolute atomic E-state index is 14.2. The van der Waals surface area contributed by atoms with Crippen molar-refractivity contribution >= 4 is 23.6 Å². The summed E-state index contributed by atoms with van der Waals surface area (Å²) in [5.41, 5.74) is -1.18. The number of nitrogens with zero attached hydrogens (tertiary/aromatic N) is 1. The summed E-state index contributed by atoms with van der Waals surface area (Å²) in [6, 6.07) is 9.85. The lowest BCUT2D eigenvalue weighted by molar-refractivity contribution is -0.150. The molecule has 0 spiro atoms. The number of hydrogen-bond donors (Lipinski definition) is 1. The second kappa shape index (κ2) is 7.34. The number of benzene rings is 1. The molecule has 1 aliphatic rings. The Morgan fingerprint density at radius 1 is 1.35 bits per heavy atom. The van der Waals surface area contributed by atoms with E-state index in [4.69, 9.17) is 5.11 Å². The fourth-order valence-corrected chi connectivity index (χ4v) is 3.87. The minimum atomic E-state index is -2.30. The van der Waals surface area contributed by atoms with E-state index in [2.05, 4.69) is 0 Å². The van der Waals surface area contributed by atoms with Crippen LogP contribution in [-0.4, -0.2) is 45.9 Å². The Labute approximate surface area is 140 Å². The summed E-state index contributed by atoms with van der Waals surface area (Å²) in [5, 5.41) is 8.65. The van der Waals surface area contributed by atoms with Gasteiger partial charge in [0.25, 0.3) is 0 Å². The summed E-state index contributed by atoms with van der Waals surface area (Å²) in [6.07, 6.45) is -0.137. The molecule has 0 aromatic heterocycles. The van der Waals surface area contributed by atoms with E-state index in [0.717, 1.165) is 5.56 Å². The monoisotopic (exact) mass is 339 g/mol. The van der Waals surface area contributed by atoms with Gasteiger partial charge in [-0.1, -0.05) is 44.2 Å². The maximum atomic E-state index is 14.2. The molecular weight excluding hydrogens is 317 g/mol. The van der Waals surface area contributed by atoms with Gasteiger partial charge in [-0.25, -0.2) is 9.18 Å². The summed E-state index contributed by atoms with van der Waals surface area (Å²) in [4.78, 5) is 25.0. The van der Waals surface area contributed by atoms with Crippen LogP contribution in [0.5, 0.6) is 0 Å². The normalized spacial score (nSPS) is 22.3. The first kappa shape index (κ1) is 17.8. The molecule has 6 heteroatoms. The Balaban J connectivity index is 2.00. The third-order valence-electron chi connectivity index (χ3n) is 4.04. The summed E-state index contributed by atoms with van der Waals surface area (Å²) in [6.45, 7) is 3.72. The number of carboxylic acid groups (broad SMARTS) is 1. The van der Waals surface area contributed by atoms with Crippen molar-refractivity contribution in [2.75, 3.05) is 13.1 Å². The van der Waals surface area contributed by atoms with Crippen LogP contribution in [0, 0.1) is 5.92 Å². The van der Waals surface area contributed by atoms with Crippen LogP contribution in [0.1, 0.15) is 25.8 Å². The van der Waals surface area contributed by atoms with Gasteiger partial charge in [-0.3, -0.25) is 4.79 Å². The number of likely N-dealkylation sites (tertiary alicyclic amines) is 1. The lowest BCUT2D eigenvalue weighted by Crippen LogP contribution is -2.43. The van der Waals surface area contributed by atoms with Crippen molar-refractivity contribution in [3.8, 4) is 0 Å². The summed E-state index contributed by atoms with van der Waals surface area (Å²) in [5.74, 6) is -0.855. The zero-order valence-corrected chi connectivity index (χ0v) is 14.2. The number of carboxylic acids is 1. The van der Waals surface area contributed by atoms with Gasteiger partial charge in [0.1, 0.15) is 0 Å². The number of carbonyl (C=O) groups is 2. The van der Waals surface area contributed by atoms with Crippen molar-refractivity contribution in [2.24, 2.45) is 5.92 Å². The molecule has 1 aliphatic heterocycles. The largest absolute Gasteiger partial charge is 0.479 e. The van der Waals surface area contributed by atoms with E-state index in [0.29, 0.717) is 5.75 Å². The first-order valence-electron chi connectivity index (χ1n) is 7.70. The van der Waals surface area contributed by atoms with E-state index in [9.17, 15) is 14.0 Å². The Kier molecular flexibility index (Phi) is 5.68. The van der Waals surface area contributed by atoms with Crippen molar-refractivity contribution in [3.63, 3.8) is 0 Å². The van der Waals surface area contributed by atoms with Gasteiger partial charge < -0.3 is 10.0 Å². The number of hydrogen-bond acceptors (Lipinski definition) is 3. The summed E-state index contributed by atoms with van der Waals surface area (Å²) in [7, 11) is 0. The third kappa shape index (κ3) is 4.25. The lowest BCUT2D eigenvalue weighted by atomic mass is 10.1. The van der Waals surface area contributed by atoms with Crippen LogP contribution in [0.25, 0.3) is 0 Å². The van der Waals surface area contributed by atoms with Crippen LogP contribution in [0.15, 0.2) is 30.3 Å². The Morgan fingerprint density at radius 2 is 2.00 bits per heavy atom.